The molecule has 2 heterocycles. The Morgan fingerprint density at radius 3 is 2.82 bits per heavy atom. The van der Waals surface area contributed by atoms with Gasteiger partial charge in [-0.15, -0.1) is 0 Å². The molecule has 0 aromatic carbocycles. The Labute approximate surface area is 80.4 Å². The zero-order chi connectivity index (χ0) is 8.06. The van der Waals surface area contributed by atoms with Crippen LogP contribution in [0, 0.1) is 0 Å². The molecule has 2 bridgehead atoms. The first kappa shape index (κ1) is 8.28. The summed E-state index contributed by atoms with van der Waals surface area (Å²) in [5, 5.41) is 13.0. The molecule has 0 aliphatic carbocycles. The summed E-state index contributed by atoms with van der Waals surface area (Å²) in [6.07, 6.45) is -0.311. The number of alkyl halides is 1. The van der Waals surface area contributed by atoms with Crippen LogP contribution in [0.2, 0.25) is 0 Å². The highest BCUT2D eigenvalue weighted by molar-refractivity contribution is 14.1. The Balaban J connectivity index is 2.24. The number of fused-ring (bicyclic) bond motifs is 2. The van der Waals surface area contributed by atoms with Gasteiger partial charge in [-0.3, -0.25) is 0 Å². The van der Waals surface area contributed by atoms with E-state index in [0.29, 0.717) is 0 Å². The van der Waals surface area contributed by atoms with Gasteiger partial charge >= 0.3 is 0 Å². The van der Waals surface area contributed by atoms with Gasteiger partial charge in [0.25, 0.3) is 0 Å². The number of aliphatic hydroxyl groups excluding tert-OH is 1. The lowest BCUT2D eigenvalue weighted by Gasteiger charge is -2.28. The topological polar surface area (TPSA) is 41.5 Å². The molecule has 4 atom stereocenters. The van der Waals surface area contributed by atoms with Crippen molar-refractivity contribution in [3.63, 3.8) is 0 Å². The van der Waals surface area contributed by atoms with Gasteiger partial charge < -0.3 is 15.2 Å². The molecule has 2 aliphatic rings. The van der Waals surface area contributed by atoms with Gasteiger partial charge in [0.15, 0.2) is 0 Å². The first-order valence-electron chi connectivity index (χ1n) is 3.85. The summed E-state index contributed by atoms with van der Waals surface area (Å²) in [5.41, 5.74) is -0.287. The zero-order valence-corrected chi connectivity index (χ0v) is 8.54. The van der Waals surface area contributed by atoms with Crippen LogP contribution in [0.5, 0.6) is 0 Å². The first-order chi connectivity index (χ1) is 5.19. The number of halogens is 1. The fourth-order valence-corrected chi connectivity index (χ4v) is 2.87. The molecular formula is C6H11BINO2. The van der Waals surface area contributed by atoms with Crippen molar-refractivity contribution in [3.05, 3.63) is 0 Å². The fraction of sp³-hybridized carbons (Fsp3) is 1.00. The third-order valence-corrected chi connectivity index (χ3v) is 3.96. The smallest absolute Gasteiger partial charge is 0.141 e. The molecular weight excluding hydrogens is 256 g/mol. The van der Waals surface area contributed by atoms with E-state index in [1.54, 1.807) is 0 Å². The Hall–Kier alpha value is 0.675. The number of aliphatic hydroxyl groups is 1. The van der Waals surface area contributed by atoms with Gasteiger partial charge in [0, 0.05) is 17.0 Å². The maximum atomic E-state index is 9.76. The maximum absolute atomic E-state index is 9.76. The highest BCUT2D eigenvalue weighted by Gasteiger charge is 2.57. The molecule has 62 valence electrons. The second-order valence-electron chi connectivity index (χ2n) is 3.37. The number of hydrogen-bond donors (Lipinski definition) is 2. The first-order valence-corrected chi connectivity index (χ1v) is 5.37. The lowest BCUT2D eigenvalue weighted by atomic mass is 9.91. The molecule has 3 nitrogen and oxygen atoms in total. The molecule has 0 radical (unpaired) electrons. The van der Waals surface area contributed by atoms with Crippen molar-refractivity contribution >= 4 is 30.4 Å². The van der Waals surface area contributed by atoms with Gasteiger partial charge in [-0.2, -0.15) is 0 Å². The van der Waals surface area contributed by atoms with Crippen molar-refractivity contribution in [2.24, 2.45) is 0 Å². The molecule has 0 aromatic heterocycles. The minimum Gasteiger partial charge on any atom is -0.388 e. The highest BCUT2D eigenvalue weighted by atomic mass is 127. The molecule has 11 heavy (non-hydrogen) atoms. The molecule has 2 fully saturated rings. The molecule has 5 heteroatoms. The van der Waals surface area contributed by atoms with Crippen molar-refractivity contribution in [3.8, 4) is 0 Å². The summed E-state index contributed by atoms with van der Waals surface area (Å²) in [6, 6.07) is 0.318. The van der Waals surface area contributed by atoms with Crippen LogP contribution in [0.4, 0.5) is 0 Å². The normalized spacial score (nSPS) is 55.3. The van der Waals surface area contributed by atoms with E-state index in [1.807, 2.05) is 7.85 Å². The molecule has 2 unspecified atom stereocenters. The number of hydrogen-bond acceptors (Lipinski definition) is 3. The largest absolute Gasteiger partial charge is 0.388 e. The average molecular weight is 267 g/mol. The zero-order valence-electron chi connectivity index (χ0n) is 6.38. The molecule has 2 N–H and O–H groups in total. The quantitative estimate of drug-likeness (QED) is 0.344. The van der Waals surface area contributed by atoms with Gasteiger partial charge in [-0.1, -0.05) is 22.6 Å². The average Bonchev–Trinajstić information content (AvgIpc) is 2.42. The van der Waals surface area contributed by atoms with Crippen molar-refractivity contribution in [2.75, 3.05) is 11.0 Å². The molecule has 2 rings (SSSR count). The summed E-state index contributed by atoms with van der Waals surface area (Å²) in [7, 11) is 2.01. The van der Waals surface area contributed by atoms with E-state index in [-0.39, 0.29) is 23.8 Å². The number of nitrogens with one attached hydrogen (secondary N) is 1. The van der Waals surface area contributed by atoms with Crippen molar-refractivity contribution in [1.82, 2.24) is 5.32 Å². The van der Waals surface area contributed by atoms with Crippen LogP contribution in [-0.4, -0.2) is 47.7 Å². The van der Waals surface area contributed by atoms with E-state index in [9.17, 15) is 5.11 Å². The SMILES string of the molecule is B[C@@H]1O[C@@]2(CI)CNC1C2O. The summed E-state index contributed by atoms with van der Waals surface area (Å²) >= 11 is 2.27. The van der Waals surface area contributed by atoms with Crippen LogP contribution in [-0.2, 0) is 4.74 Å². The van der Waals surface area contributed by atoms with E-state index in [0.717, 1.165) is 11.0 Å². The van der Waals surface area contributed by atoms with Crippen LogP contribution < -0.4 is 5.32 Å². The van der Waals surface area contributed by atoms with E-state index in [2.05, 4.69) is 27.9 Å². The van der Waals surface area contributed by atoms with Crippen LogP contribution in [0.25, 0.3) is 0 Å². The van der Waals surface area contributed by atoms with Crippen LogP contribution in [0.15, 0.2) is 0 Å². The second kappa shape index (κ2) is 2.58. The predicted molar refractivity (Wildman–Crippen MR) is 52.8 cm³/mol. The summed E-state index contributed by atoms with van der Waals surface area (Å²) in [4.78, 5) is 0. The Bertz CT molecular complexity index is 182. The van der Waals surface area contributed by atoms with Crippen LogP contribution in [0.3, 0.4) is 0 Å². The number of ether oxygens (including phenoxy) is 1. The van der Waals surface area contributed by atoms with Gasteiger partial charge in [0.2, 0.25) is 0 Å². The van der Waals surface area contributed by atoms with E-state index < -0.39 is 0 Å². The van der Waals surface area contributed by atoms with E-state index in [4.69, 9.17) is 4.74 Å². The standard InChI is InChI=1S/C6H11BINO2/c7-5-3-4(10)6(1-8,11-5)2-9-3/h3-5,9-10H,1-2,7H2/t3?,4?,5-,6+/m1/s1. The van der Waals surface area contributed by atoms with Gasteiger partial charge in [0.05, 0.1) is 6.04 Å². The fourth-order valence-electron chi connectivity index (χ4n) is 1.97. The molecule has 2 aliphatic heterocycles. The Morgan fingerprint density at radius 2 is 2.55 bits per heavy atom. The lowest BCUT2D eigenvalue weighted by Crippen LogP contribution is -2.46. The molecule has 0 aromatic rings. The van der Waals surface area contributed by atoms with Crippen LogP contribution >= 0.6 is 22.6 Å². The van der Waals surface area contributed by atoms with Crippen molar-refractivity contribution < 1.29 is 9.84 Å². The van der Waals surface area contributed by atoms with E-state index in [1.165, 1.54) is 0 Å². The Kier molecular flexibility index (Phi) is 1.94. The van der Waals surface area contributed by atoms with Crippen molar-refractivity contribution in [1.29, 1.82) is 0 Å². The molecule has 0 saturated carbocycles. The summed E-state index contributed by atoms with van der Waals surface area (Å²) in [6.45, 7) is 0.798. The summed E-state index contributed by atoms with van der Waals surface area (Å²) in [5.74, 6) is 0. The highest BCUT2D eigenvalue weighted by Crippen LogP contribution is 2.36. The van der Waals surface area contributed by atoms with Crippen LogP contribution in [0.1, 0.15) is 0 Å². The predicted octanol–water partition coefficient (Wildman–Crippen LogP) is -1.52. The van der Waals surface area contributed by atoms with Crippen molar-refractivity contribution in [2.45, 2.75) is 23.8 Å². The minimum absolute atomic E-state index is 0.157. The molecule has 2 saturated heterocycles. The van der Waals surface area contributed by atoms with Gasteiger partial charge in [0.1, 0.15) is 19.6 Å². The van der Waals surface area contributed by atoms with Gasteiger partial charge in [-0.05, 0) is 0 Å². The lowest BCUT2D eigenvalue weighted by molar-refractivity contribution is -0.0397. The second-order valence-corrected chi connectivity index (χ2v) is 4.14. The molecule has 0 spiro atoms. The number of morpholine rings is 1. The van der Waals surface area contributed by atoms with E-state index >= 15 is 0 Å². The third-order valence-electron chi connectivity index (χ3n) is 2.67. The maximum Gasteiger partial charge on any atom is 0.141 e. The number of rotatable bonds is 1. The third kappa shape index (κ3) is 0.977. The minimum atomic E-state index is -0.311. The van der Waals surface area contributed by atoms with Gasteiger partial charge in [-0.25, -0.2) is 0 Å². The Morgan fingerprint density at radius 1 is 1.82 bits per heavy atom. The molecule has 0 amide bonds. The summed E-state index contributed by atoms with van der Waals surface area (Å²) < 4.78 is 6.55. The monoisotopic (exact) mass is 267 g/mol.